The fourth-order valence-electron chi connectivity index (χ4n) is 4.15. The largest absolute Gasteiger partial charge is 0.493 e. The van der Waals surface area contributed by atoms with Crippen LogP contribution in [-0.4, -0.2) is 37.3 Å². The number of hydrogen-bond acceptors (Lipinski definition) is 9. The molecule has 0 N–H and O–H groups in total. The summed E-state index contributed by atoms with van der Waals surface area (Å²) in [5, 5.41) is 0. The fraction of sp³-hybridized carbons (Fsp3) is 0.259. The average molecular weight is 601 g/mol. The van der Waals surface area contributed by atoms with Gasteiger partial charge in [0.15, 0.2) is 16.3 Å². The molecule has 0 fully saturated rings. The molecule has 0 saturated carbocycles. The number of benzene rings is 2. The van der Waals surface area contributed by atoms with Crippen LogP contribution in [0.1, 0.15) is 37.9 Å². The molecular weight excluding hydrogens is 576 g/mol. The Hall–Kier alpha value is -3.70. The van der Waals surface area contributed by atoms with Gasteiger partial charge in [0, 0.05) is 11.4 Å². The Morgan fingerprint density at radius 1 is 1.16 bits per heavy atom. The topological polar surface area (TPSA) is 105 Å². The molecule has 1 aliphatic rings. The minimum Gasteiger partial charge on any atom is -0.493 e. The Labute approximate surface area is 230 Å². The van der Waals surface area contributed by atoms with Gasteiger partial charge in [0.1, 0.15) is 5.75 Å². The first-order valence-corrected chi connectivity index (χ1v) is 13.2. The molecular formula is C27H25BrN2O7S. The summed E-state index contributed by atoms with van der Waals surface area (Å²) in [6, 6.07) is 9.46. The molecule has 0 spiro atoms. The molecule has 2 aromatic carbocycles. The van der Waals surface area contributed by atoms with E-state index in [1.165, 1.54) is 37.0 Å². The molecule has 0 amide bonds. The lowest BCUT2D eigenvalue weighted by Crippen LogP contribution is -2.40. The number of carbonyl (C=O) groups is 2. The summed E-state index contributed by atoms with van der Waals surface area (Å²) in [4.78, 5) is 43.4. The van der Waals surface area contributed by atoms with E-state index in [2.05, 4.69) is 20.9 Å². The van der Waals surface area contributed by atoms with E-state index in [0.717, 1.165) is 0 Å². The molecule has 0 radical (unpaired) electrons. The molecule has 0 saturated heterocycles. The molecule has 1 aromatic heterocycles. The summed E-state index contributed by atoms with van der Waals surface area (Å²) in [5.41, 5.74) is 1.62. The first-order valence-electron chi connectivity index (χ1n) is 11.6. The zero-order valence-corrected chi connectivity index (χ0v) is 23.8. The molecule has 9 nitrogen and oxygen atoms in total. The Kier molecular flexibility index (Phi) is 8.17. The smallest absolute Gasteiger partial charge is 0.338 e. The van der Waals surface area contributed by atoms with Crippen molar-refractivity contribution in [1.29, 1.82) is 0 Å². The third kappa shape index (κ3) is 5.30. The summed E-state index contributed by atoms with van der Waals surface area (Å²) in [5.74, 6) is 0.286. The number of ether oxygens (including phenoxy) is 4. The fourth-order valence-corrected chi connectivity index (χ4v) is 5.74. The third-order valence-electron chi connectivity index (χ3n) is 5.73. The number of carbonyl (C=O) groups excluding carboxylic acids is 2. The molecule has 38 heavy (non-hydrogen) atoms. The van der Waals surface area contributed by atoms with Crippen molar-refractivity contribution in [3.63, 3.8) is 0 Å². The van der Waals surface area contributed by atoms with Crippen LogP contribution in [0.4, 0.5) is 0 Å². The van der Waals surface area contributed by atoms with E-state index >= 15 is 0 Å². The van der Waals surface area contributed by atoms with Crippen molar-refractivity contribution in [2.75, 3.05) is 20.8 Å². The van der Waals surface area contributed by atoms with E-state index in [4.69, 9.17) is 18.9 Å². The van der Waals surface area contributed by atoms with Crippen molar-refractivity contribution < 1.29 is 28.5 Å². The van der Waals surface area contributed by atoms with Crippen molar-refractivity contribution >= 4 is 45.3 Å². The monoisotopic (exact) mass is 600 g/mol. The quantitative estimate of drug-likeness (QED) is 0.302. The van der Waals surface area contributed by atoms with Gasteiger partial charge in [-0.25, -0.2) is 9.79 Å². The van der Waals surface area contributed by atoms with Gasteiger partial charge < -0.3 is 18.9 Å². The van der Waals surface area contributed by atoms with Crippen LogP contribution in [0.3, 0.4) is 0 Å². The SMILES string of the molecule is CCOC(=O)C1=C(C)N=c2s/c(=C\c3cccc(OC(C)=O)c3)c(=O)n2[C@@H]1c1cc(OC)c(OC)cc1Br. The van der Waals surface area contributed by atoms with Crippen LogP contribution in [0.2, 0.25) is 0 Å². The van der Waals surface area contributed by atoms with Gasteiger partial charge in [0.2, 0.25) is 0 Å². The van der Waals surface area contributed by atoms with Crippen LogP contribution in [0, 0.1) is 0 Å². The second-order valence-electron chi connectivity index (χ2n) is 8.20. The van der Waals surface area contributed by atoms with E-state index in [-0.39, 0.29) is 17.7 Å². The van der Waals surface area contributed by atoms with Crippen molar-refractivity contribution in [3.05, 3.63) is 83.0 Å². The molecule has 3 aromatic rings. The van der Waals surface area contributed by atoms with Crippen molar-refractivity contribution in [3.8, 4) is 17.2 Å². The molecule has 4 rings (SSSR count). The van der Waals surface area contributed by atoms with E-state index in [9.17, 15) is 14.4 Å². The summed E-state index contributed by atoms with van der Waals surface area (Å²) in [7, 11) is 3.04. The Morgan fingerprint density at radius 3 is 2.53 bits per heavy atom. The van der Waals surface area contributed by atoms with Crippen molar-refractivity contribution in [2.24, 2.45) is 4.99 Å². The lowest BCUT2D eigenvalue weighted by molar-refractivity contribution is -0.139. The predicted octanol–water partition coefficient (Wildman–Crippen LogP) is 3.50. The number of esters is 2. The third-order valence-corrected chi connectivity index (χ3v) is 7.40. The number of nitrogens with zero attached hydrogens (tertiary/aromatic N) is 2. The van der Waals surface area contributed by atoms with Gasteiger partial charge in [-0.05, 0) is 55.3 Å². The summed E-state index contributed by atoms with van der Waals surface area (Å²) in [6.07, 6.45) is 1.70. The highest BCUT2D eigenvalue weighted by Gasteiger charge is 2.35. The van der Waals surface area contributed by atoms with Crippen LogP contribution in [-0.2, 0) is 14.3 Å². The second-order valence-corrected chi connectivity index (χ2v) is 10.1. The van der Waals surface area contributed by atoms with E-state index in [1.54, 1.807) is 56.3 Å². The minimum absolute atomic E-state index is 0.165. The standard InChI is InChI=1S/C27H25BrN2O7S/c1-6-36-26(33)23-14(2)29-27-30(24(23)18-12-20(34-4)21(35-5)13-19(18)28)25(32)22(38-27)11-16-8-7-9-17(10-16)37-15(3)31/h7-13,24H,6H2,1-5H3/b22-11-/t24-/m1/s1. The maximum atomic E-state index is 13.8. The number of thiazole rings is 1. The van der Waals surface area contributed by atoms with Gasteiger partial charge in [-0.1, -0.05) is 39.4 Å². The number of methoxy groups -OCH3 is 2. The molecule has 2 heterocycles. The highest BCUT2D eigenvalue weighted by molar-refractivity contribution is 9.10. The molecule has 0 unspecified atom stereocenters. The van der Waals surface area contributed by atoms with Crippen LogP contribution >= 0.6 is 27.3 Å². The zero-order valence-electron chi connectivity index (χ0n) is 21.4. The number of allylic oxidation sites excluding steroid dienone is 1. The Morgan fingerprint density at radius 2 is 1.87 bits per heavy atom. The van der Waals surface area contributed by atoms with Gasteiger partial charge in [0.25, 0.3) is 5.56 Å². The number of rotatable bonds is 7. The van der Waals surface area contributed by atoms with Gasteiger partial charge >= 0.3 is 11.9 Å². The van der Waals surface area contributed by atoms with E-state index in [1.807, 2.05) is 0 Å². The van der Waals surface area contributed by atoms with Gasteiger partial charge in [-0.2, -0.15) is 0 Å². The average Bonchev–Trinajstić information content (AvgIpc) is 3.17. The second kappa shape index (κ2) is 11.4. The van der Waals surface area contributed by atoms with E-state index < -0.39 is 18.0 Å². The summed E-state index contributed by atoms with van der Waals surface area (Å²) >= 11 is 4.78. The number of hydrogen-bond donors (Lipinski definition) is 0. The summed E-state index contributed by atoms with van der Waals surface area (Å²) < 4.78 is 23.9. The molecule has 0 aliphatic carbocycles. The van der Waals surface area contributed by atoms with Crippen LogP contribution in [0.5, 0.6) is 17.2 Å². The maximum Gasteiger partial charge on any atom is 0.338 e. The maximum absolute atomic E-state index is 13.8. The molecule has 1 atom stereocenters. The number of fused-ring (bicyclic) bond motifs is 1. The molecule has 1 aliphatic heterocycles. The van der Waals surface area contributed by atoms with Crippen LogP contribution in [0.15, 0.2) is 61.9 Å². The van der Waals surface area contributed by atoms with Crippen LogP contribution in [0.25, 0.3) is 6.08 Å². The highest BCUT2D eigenvalue weighted by atomic mass is 79.9. The van der Waals surface area contributed by atoms with Gasteiger partial charge in [0.05, 0.1) is 42.7 Å². The first kappa shape index (κ1) is 27.3. The van der Waals surface area contributed by atoms with Crippen molar-refractivity contribution in [1.82, 2.24) is 4.57 Å². The van der Waals surface area contributed by atoms with Crippen LogP contribution < -0.4 is 29.1 Å². The van der Waals surface area contributed by atoms with E-state index in [0.29, 0.717) is 47.9 Å². The Balaban J connectivity index is 1.97. The summed E-state index contributed by atoms with van der Waals surface area (Å²) in [6.45, 7) is 4.92. The highest BCUT2D eigenvalue weighted by Crippen LogP contribution is 2.40. The predicted molar refractivity (Wildman–Crippen MR) is 145 cm³/mol. The zero-order chi connectivity index (χ0) is 27.6. The molecule has 198 valence electrons. The van der Waals surface area contributed by atoms with Gasteiger partial charge in [-0.15, -0.1) is 0 Å². The van der Waals surface area contributed by atoms with Crippen molar-refractivity contribution in [2.45, 2.75) is 26.8 Å². The first-order chi connectivity index (χ1) is 18.2. The van der Waals surface area contributed by atoms with Gasteiger partial charge in [-0.3, -0.25) is 14.2 Å². The number of aromatic nitrogens is 1. The normalized spacial score (nSPS) is 15.0. The molecule has 11 heteroatoms. The lowest BCUT2D eigenvalue weighted by Gasteiger charge is -2.26. The minimum atomic E-state index is -0.839. The number of halogens is 1. The lowest BCUT2D eigenvalue weighted by atomic mass is 9.95. The Bertz CT molecular complexity index is 1640. The molecule has 0 bridgehead atoms.